The summed E-state index contributed by atoms with van der Waals surface area (Å²) in [5.41, 5.74) is 2.40. The number of likely N-dealkylation sites (N-methyl/N-ethyl adjacent to an activating group) is 1. The van der Waals surface area contributed by atoms with Crippen LogP contribution in [0.5, 0.6) is 5.75 Å². The molecule has 0 aliphatic carbocycles. The van der Waals surface area contributed by atoms with E-state index in [1.165, 1.54) is 45.0 Å². The Hall–Kier alpha value is -6.20. The lowest BCUT2D eigenvalue weighted by atomic mass is 9.72. The molecule has 6 N–H and O–H groups in total. The molecule has 3 aromatic rings. The number of ether oxygens (including phenoxy) is 7. The van der Waals surface area contributed by atoms with E-state index in [0.29, 0.717) is 24.4 Å². The fourth-order valence-corrected chi connectivity index (χ4v) is 11.4. The molecule has 1 aromatic heterocycles. The zero-order chi connectivity index (χ0) is 61.7. The van der Waals surface area contributed by atoms with Crippen molar-refractivity contribution in [2.45, 2.75) is 133 Å². The van der Waals surface area contributed by atoms with E-state index in [9.17, 15) is 46.8 Å². The number of aryl methyl sites for hydroxylation is 1. The normalized spacial score (nSPS) is 24.6. The van der Waals surface area contributed by atoms with Crippen molar-refractivity contribution in [3.05, 3.63) is 82.5 Å². The second-order valence-electron chi connectivity index (χ2n) is 21.8. The summed E-state index contributed by atoms with van der Waals surface area (Å²) in [5.74, 6) is -3.42. The number of rotatable bonds is 25. The van der Waals surface area contributed by atoms with Crippen molar-refractivity contribution in [1.29, 1.82) is 0 Å². The Morgan fingerprint density at radius 3 is 2.39 bits per heavy atom. The zero-order valence-corrected chi connectivity index (χ0v) is 50.9. The number of amides is 5. The quantitative estimate of drug-likeness (QED) is 0.0306. The summed E-state index contributed by atoms with van der Waals surface area (Å²) in [4.78, 5) is 83.9. The summed E-state index contributed by atoms with van der Waals surface area (Å²) in [5, 5.41) is 22.7. The lowest BCUT2D eigenvalue weighted by Gasteiger charge is -2.59. The molecule has 0 radical (unpaired) electrons. The number of carbonyl (C=O) groups is 6. The second-order valence-corrected chi connectivity index (χ2v) is 23.8. The summed E-state index contributed by atoms with van der Waals surface area (Å²) in [6.45, 7) is 7.61. The fraction of sp³-hybridized carbons (Fsp3) is 0.579. The Kier molecular flexibility index (Phi) is 23.3. The van der Waals surface area contributed by atoms with Crippen molar-refractivity contribution >= 4 is 74.0 Å². The average molecular weight is 1220 g/mol. The molecule has 4 aliphatic heterocycles. The molecule has 2 fully saturated rings. The number of fused-ring (bicyclic) bond motifs is 7. The average Bonchev–Trinajstić information content (AvgIpc) is 0.993. The first-order valence-electron chi connectivity index (χ1n) is 27.6. The number of anilines is 1. The molecule has 1 unspecified atom stereocenters. The van der Waals surface area contributed by atoms with E-state index >= 15 is 0 Å². The number of hydrogen-bond donors (Lipinski definition) is 6. The second kappa shape index (κ2) is 29.3. The number of allylic oxidation sites excluding steroid dienone is 3. The van der Waals surface area contributed by atoms with Crippen molar-refractivity contribution < 1.29 is 80.0 Å². The minimum absolute atomic E-state index is 0.0111. The summed E-state index contributed by atoms with van der Waals surface area (Å²) in [6, 6.07) is 10.9. The number of nitrogens with zero attached hydrogens (tertiary/aromatic N) is 4. The first kappa shape index (κ1) is 66.9. The van der Waals surface area contributed by atoms with Crippen molar-refractivity contribution in [3.63, 3.8) is 0 Å². The molecular weight excluding hydrogens is 1140 g/mol. The van der Waals surface area contributed by atoms with Gasteiger partial charge in [-0.3, -0.25) is 34.5 Å². The molecule has 464 valence electrons. The van der Waals surface area contributed by atoms with Crippen LogP contribution in [0.3, 0.4) is 0 Å². The van der Waals surface area contributed by atoms with Crippen LogP contribution in [0.2, 0.25) is 5.02 Å². The molecule has 25 nitrogen and oxygen atoms in total. The first-order chi connectivity index (χ1) is 39.6. The molecule has 7 rings (SSSR count). The summed E-state index contributed by atoms with van der Waals surface area (Å²) in [6.07, 6.45) is 0.357. The smallest absolute Gasteiger partial charge is 0.409 e. The maximum Gasteiger partial charge on any atom is 0.409 e. The Bertz CT molecular complexity index is 3020. The van der Waals surface area contributed by atoms with Crippen LogP contribution in [0.4, 0.5) is 10.5 Å². The van der Waals surface area contributed by atoms with E-state index < -0.39 is 105 Å². The van der Waals surface area contributed by atoms with Gasteiger partial charge in [0, 0.05) is 71.8 Å². The zero-order valence-electron chi connectivity index (χ0n) is 49.4. The number of hydrazine groups is 1. The van der Waals surface area contributed by atoms with Crippen LogP contribution in [0.25, 0.3) is 10.9 Å². The number of benzene rings is 2. The van der Waals surface area contributed by atoms with Gasteiger partial charge in [0.15, 0.2) is 5.72 Å². The number of para-hydroxylation sites is 1. The molecule has 5 heterocycles. The van der Waals surface area contributed by atoms with Crippen LogP contribution in [-0.4, -0.2) is 197 Å². The number of methoxy groups -OCH3 is 2. The lowest BCUT2D eigenvalue weighted by molar-refractivity contribution is -0.328. The summed E-state index contributed by atoms with van der Waals surface area (Å²) >= 11 is 6.82. The minimum atomic E-state index is -4.45. The van der Waals surface area contributed by atoms with E-state index in [0.717, 1.165) is 27.7 Å². The maximum absolute atomic E-state index is 14.4. The number of carbonyl (C=O) groups excluding carboxylic acids is 6. The molecule has 4 aliphatic rings. The molecule has 2 saturated heterocycles. The Balaban J connectivity index is 1.01. The van der Waals surface area contributed by atoms with E-state index in [-0.39, 0.29) is 76.6 Å². The lowest BCUT2D eigenvalue weighted by Crippen LogP contribution is -2.72. The minimum Gasteiger partial charge on any atom is -0.495 e. The topological polar surface area (TPSA) is 304 Å². The van der Waals surface area contributed by atoms with Gasteiger partial charge in [0.25, 0.3) is 10.1 Å². The highest BCUT2D eigenvalue weighted by molar-refractivity contribution is 7.85. The van der Waals surface area contributed by atoms with Crippen molar-refractivity contribution in [1.82, 2.24) is 35.9 Å². The van der Waals surface area contributed by atoms with Crippen LogP contribution in [0, 0.1) is 0 Å². The molecule has 27 heteroatoms. The molecule has 0 spiro atoms. The standard InChI is InChI=1S/C57H81ClN8O17S/c1-36-14-13-17-45(78-10)57(73)33-47(82-54(72)62-57)56(4)35-55(3,83-56)46(32-50(69)65(8)43-29-38(28-36)30-44(77-9)51(43)58)81-53(71)37(2)64(7)49(68)19-23-79-25-26-80-24-21-60-52(70)41(20-27-84(74,75)76)61-48(67)18-22-66-40(34-63(6)59-5)31-39-15-11-12-16-42(39)66/h11-17,29-31,37,41,45-47,59,73H,18-28,32-35H2,1-10H3,(H,60,70)(H,61,67)(H,62,72)(H,74,75,76)/b17-13+,36-14+/t37-,41-,45+,46-,47-,55+,56?,57-/m0/s1. The highest BCUT2D eigenvalue weighted by atomic mass is 35.5. The summed E-state index contributed by atoms with van der Waals surface area (Å²) < 4.78 is 75.6. The molecule has 2 aromatic carbocycles. The van der Waals surface area contributed by atoms with Gasteiger partial charge < -0.3 is 63.3 Å². The number of aromatic nitrogens is 1. The monoisotopic (exact) mass is 1220 g/mol. The highest BCUT2D eigenvalue weighted by Gasteiger charge is 2.63. The van der Waals surface area contributed by atoms with Crippen molar-refractivity contribution in [2.24, 2.45) is 0 Å². The molecule has 6 bridgehead atoms. The summed E-state index contributed by atoms with van der Waals surface area (Å²) in [7, 11) is 5.05. The number of hydrogen-bond acceptors (Lipinski definition) is 18. The van der Waals surface area contributed by atoms with Gasteiger partial charge in [-0.1, -0.05) is 53.6 Å². The molecule has 84 heavy (non-hydrogen) atoms. The Labute approximate surface area is 495 Å². The first-order valence-corrected chi connectivity index (χ1v) is 29.6. The van der Waals surface area contributed by atoms with Crippen molar-refractivity contribution in [2.75, 3.05) is 86.0 Å². The van der Waals surface area contributed by atoms with Gasteiger partial charge in [-0.2, -0.15) is 8.42 Å². The SMILES string of the molecule is CNN(C)Cc1cc2ccccc2n1CCC(=O)N[C@@H](CCS(=O)(=O)O)C(=O)NCCOCCOCCC(=O)N(C)[C@@H](C)C(=O)O[C@H]1CC(=O)N(C)c2cc(cc(OC)c2Cl)C/C(C)=C/C=C/[C@@H](OC)[C@@]2(O)C[C@H](OC(=O)N2)C2(C)C[C@@]1(C)O2. The predicted octanol–water partition coefficient (Wildman–Crippen LogP) is 3.57. The van der Waals surface area contributed by atoms with Crippen LogP contribution in [-0.2, 0) is 82.0 Å². The maximum atomic E-state index is 14.4. The van der Waals surface area contributed by atoms with Gasteiger partial charge in [0.05, 0.1) is 64.4 Å². The molecule has 8 atom stereocenters. The fourth-order valence-electron chi connectivity index (χ4n) is 10.5. The van der Waals surface area contributed by atoms with E-state index in [4.69, 9.17) is 44.8 Å². The largest absolute Gasteiger partial charge is 0.495 e. The number of aliphatic hydroxyl groups is 1. The Morgan fingerprint density at radius 2 is 1.71 bits per heavy atom. The number of halogens is 1. The van der Waals surface area contributed by atoms with E-state index in [2.05, 4.69) is 21.4 Å². The Morgan fingerprint density at radius 1 is 1.01 bits per heavy atom. The van der Waals surface area contributed by atoms with Gasteiger partial charge in [0.2, 0.25) is 23.6 Å². The highest BCUT2D eigenvalue weighted by Crippen LogP contribution is 2.50. The number of nitrogens with one attached hydrogen (secondary N) is 4. The van der Waals surface area contributed by atoms with E-state index in [1.54, 1.807) is 45.2 Å². The van der Waals surface area contributed by atoms with Crippen LogP contribution < -0.4 is 31.0 Å². The number of esters is 1. The molecule has 5 amide bonds. The third-order valence-corrected chi connectivity index (χ3v) is 16.5. The third-order valence-electron chi connectivity index (χ3n) is 15.4. The van der Waals surface area contributed by atoms with Gasteiger partial charge in [-0.15, -0.1) is 0 Å². The van der Waals surface area contributed by atoms with Gasteiger partial charge in [0.1, 0.15) is 52.4 Å². The van der Waals surface area contributed by atoms with Crippen LogP contribution in [0.15, 0.2) is 66.3 Å². The third kappa shape index (κ3) is 17.5. The van der Waals surface area contributed by atoms with E-state index in [1.807, 2.05) is 60.0 Å². The van der Waals surface area contributed by atoms with Gasteiger partial charge >= 0.3 is 12.1 Å². The van der Waals surface area contributed by atoms with Crippen molar-refractivity contribution in [3.8, 4) is 5.75 Å². The predicted molar refractivity (Wildman–Crippen MR) is 310 cm³/mol. The van der Waals surface area contributed by atoms with Gasteiger partial charge in [-0.05, 0) is 82.8 Å². The number of alkyl carbamates (subject to hydrolysis) is 1. The molecule has 0 saturated carbocycles. The molecular formula is C57H81ClN8O17S. The van der Waals surface area contributed by atoms with Gasteiger partial charge in [-0.25, -0.2) is 14.6 Å². The van der Waals surface area contributed by atoms with Crippen LogP contribution >= 0.6 is 11.6 Å². The van der Waals surface area contributed by atoms with Crippen LogP contribution in [0.1, 0.15) is 77.5 Å².